The molecule has 0 unspecified atom stereocenters. The second kappa shape index (κ2) is 5.59. The van der Waals surface area contributed by atoms with Gasteiger partial charge in [-0.15, -0.1) is 5.11 Å². The van der Waals surface area contributed by atoms with Crippen LogP contribution in [0.3, 0.4) is 0 Å². The Bertz CT molecular complexity index is 661. The molecule has 0 N–H and O–H groups in total. The highest BCUT2D eigenvalue weighted by molar-refractivity contribution is 6.41. The van der Waals surface area contributed by atoms with Gasteiger partial charge in [-0.2, -0.15) is 18.3 Å². The lowest BCUT2D eigenvalue weighted by Crippen LogP contribution is -2.11. The SMILES string of the molecule is Cc1cc(C(F)(F)F)ccc1CCC1=CC(=O)C(=O)N=N1. The van der Waals surface area contributed by atoms with Crippen LogP contribution >= 0.6 is 0 Å². The predicted octanol–water partition coefficient (Wildman–Crippen LogP) is 3.39. The van der Waals surface area contributed by atoms with Gasteiger partial charge in [0, 0.05) is 6.08 Å². The van der Waals surface area contributed by atoms with Gasteiger partial charge in [0.25, 0.3) is 0 Å². The van der Waals surface area contributed by atoms with Crippen LogP contribution in [0.25, 0.3) is 0 Å². The lowest BCUT2D eigenvalue weighted by atomic mass is 10.00. The van der Waals surface area contributed by atoms with Crippen LogP contribution in [0.15, 0.2) is 40.2 Å². The molecule has 1 heterocycles. The molecular formula is C14H11F3N2O2. The van der Waals surface area contributed by atoms with Gasteiger partial charge in [0.05, 0.1) is 11.3 Å². The fraction of sp³-hybridized carbons (Fsp3) is 0.286. The van der Waals surface area contributed by atoms with Crippen LogP contribution in [0.5, 0.6) is 0 Å². The number of amides is 1. The fourth-order valence-electron chi connectivity index (χ4n) is 1.94. The summed E-state index contributed by atoms with van der Waals surface area (Å²) < 4.78 is 37.7. The zero-order valence-electron chi connectivity index (χ0n) is 11.1. The summed E-state index contributed by atoms with van der Waals surface area (Å²) >= 11 is 0. The predicted molar refractivity (Wildman–Crippen MR) is 67.5 cm³/mol. The largest absolute Gasteiger partial charge is 0.416 e. The van der Waals surface area contributed by atoms with E-state index in [1.54, 1.807) is 6.92 Å². The van der Waals surface area contributed by atoms with E-state index in [2.05, 4.69) is 10.2 Å². The standard InChI is InChI=1S/C14H11F3N2O2/c1-8-6-10(14(15,16)17)4-2-9(8)3-5-11-7-12(20)13(21)19-18-11/h2,4,6-7H,3,5H2,1H3. The first kappa shape index (κ1) is 15.1. The Morgan fingerprint density at radius 3 is 2.38 bits per heavy atom. The van der Waals surface area contributed by atoms with Gasteiger partial charge in [-0.05, 0) is 43.0 Å². The normalized spacial score (nSPS) is 15.3. The average molecular weight is 296 g/mol. The maximum Gasteiger partial charge on any atom is 0.416 e. The van der Waals surface area contributed by atoms with Crippen molar-refractivity contribution in [3.05, 3.63) is 46.7 Å². The molecule has 21 heavy (non-hydrogen) atoms. The monoisotopic (exact) mass is 296 g/mol. The van der Waals surface area contributed by atoms with Gasteiger partial charge in [-0.3, -0.25) is 9.59 Å². The molecule has 0 aromatic heterocycles. The van der Waals surface area contributed by atoms with Gasteiger partial charge < -0.3 is 0 Å². The lowest BCUT2D eigenvalue weighted by Gasteiger charge is -2.11. The number of rotatable bonds is 3. The van der Waals surface area contributed by atoms with Crippen molar-refractivity contribution in [2.75, 3.05) is 0 Å². The first-order valence-electron chi connectivity index (χ1n) is 6.14. The third-order valence-corrected chi connectivity index (χ3v) is 3.10. The summed E-state index contributed by atoms with van der Waals surface area (Å²) in [5.74, 6) is -1.64. The van der Waals surface area contributed by atoms with Gasteiger partial charge in [-0.1, -0.05) is 6.07 Å². The Morgan fingerprint density at radius 2 is 1.81 bits per heavy atom. The van der Waals surface area contributed by atoms with E-state index in [0.29, 0.717) is 24.1 Å². The Hall–Kier alpha value is -2.31. The van der Waals surface area contributed by atoms with Crippen molar-refractivity contribution in [3.8, 4) is 0 Å². The summed E-state index contributed by atoms with van der Waals surface area (Å²) in [5.41, 5.74) is 0.893. The molecular weight excluding hydrogens is 285 g/mol. The maximum atomic E-state index is 12.6. The minimum atomic E-state index is -4.36. The van der Waals surface area contributed by atoms with E-state index >= 15 is 0 Å². The molecule has 7 heteroatoms. The molecule has 1 amide bonds. The molecule has 2 rings (SSSR count). The lowest BCUT2D eigenvalue weighted by molar-refractivity contribution is -0.137. The Balaban J connectivity index is 2.08. The number of ketones is 1. The number of hydrogen-bond acceptors (Lipinski definition) is 3. The van der Waals surface area contributed by atoms with Crippen molar-refractivity contribution in [2.24, 2.45) is 10.2 Å². The van der Waals surface area contributed by atoms with Gasteiger partial charge in [0.2, 0.25) is 5.78 Å². The first-order chi connectivity index (χ1) is 9.77. The zero-order valence-corrected chi connectivity index (χ0v) is 11.1. The van der Waals surface area contributed by atoms with E-state index in [1.165, 1.54) is 6.07 Å². The minimum Gasteiger partial charge on any atom is -0.284 e. The molecule has 0 spiro atoms. The Labute approximate surface area is 118 Å². The van der Waals surface area contributed by atoms with Crippen molar-refractivity contribution in [2.45, 2.75) is 25.9 Å². The third kappa shape index (κ3) is 3.62. The quantitative estimate of drug-likeness (QED) is 0.803. The molecule has 110 valence electrons. The van der Waals surface area contributed by atoms with Gasteiger partial charge >= 0.3 is 12.1 Å². The van der Waals surface area contributed by atoms with Crippen molar-refractivity contribution >= 4 is 11.7 Å². The van der Waals surface area contributed by atoms with Crippen molar-refractivity contribution in [1.29, 1.82) is 0 Å². The molecule has 0 aliphatic carbocycles. The van der Waals surface area contributed by atoms with E-state index in [-0.39, 0.29) is 0 Å². The molecule has 0 bridgehead atoms. The fourth-order valence-corrected chi connectivity index (χ4v) is 1.94. The summed E-state index contributed by atoms with van der Waals surface area (Å²) in [5, 5.41) is 6.79. The highest BCUT2D eigenvalue weighted by Crippen LogP contribution is 2.30. The molecule has 1 aromatic rings. The van der Waals surface area contributed by atoms with Crippen LogP contribution in [0.4, 0.5) is 13.2 Å². The number of allylic oxidation sites excluding steroid dienone is 1. The maximum absolute atomic E-state index is 12.6. The number of benzene rings is 1. The molecule has 1 aliphatic heterocycles. The molecule has 0 saturated heterocycles. The molecule has 0 atom stereocenters. The Morgan fingerprint density at radius 1 is 1.10 bits per heavy atom. The van der Waals surface area contributed by atoms with E-state index < -0.39 is 23.4 Å². The van der Waals surface area contributed by atoms with Crippen molar-refractivity contribution in [1.82, 2.24) is 0 Å². The van der Waals surface area contributed by atoms with E-state index in [1.807, 2.05) is 0 Å². The molecule has 0 fully saturated rings. The molecule has 0 radical (unpaired) electrons. The van der Waals surface area contributed by atoms with Crippen LogP contribution < -0.4 is 0 Å². The van der Waals surface area contributed by atoms with E-state index in [9.17, 15) is 22.8 Å². The number of alkyl halides is 3. The second-order valence-corrected chi connectivity index (χ2v) is 4.64. The number of nitrogens with zero attached hydrogens (tertiary/aromatic N) is 2. The molecule has 1 aromatic carbocycles. The number of azo groups is 1. The van der Waals surface area contributed by atoms with Gasteiger partial charge in [0.1, 0.15) is 0 Å². The smallest absolute Gasteiger partial charge is 0.284 e. The number of carbonyl (C=O) groups excluding carboxylic acids is 2. The Kier molecular flexibility index (Phi) is 4.02. The van der Waals surface area contributed by atoms with Crippen LogP contribution in [-0.2, 0) is 22.2 Å². The van der Waals surface area contributed by atoms with Gasteiger partial charge in [-0.25, -0.2) is 0 Å². The molecule has 0 saturated carbocycles. The number of halogens is 3. The molecule has 1 aliphatic rings. The van der Waals surface area contributed by atoms with Gasteiger partial charge in [0.15, 0.2) is 0 Å². The second-order valence-electron chi connectivity index (χ2n) is 4.64. The van der Waals surface area contributed by atoms with Crippen molar-refractivity contribution < 1.29 is 22.8 Å². The van der Waals surface area contributed by atoms with Crippen molar-refractivity contribution in [3.63, 3.8) is 0 Å². The summed E-state index contributed by atoms with van der Waals surface area (Å²) in [4.78, 5) is 22.0. The molecule has 4 nitrogen and oxygen atoms in total. The summed E-state index contributed by atoms with van der Waals surface area (Å²) in [6, 6.07) is 3.51. The third-order valence-electron chi connectivity index (χ3n) is 3.10. The first-order valence-corrected chi connectivity index (χ1v) is 6.14. The number of hydrogen-bond donors (Lipinski definition) is 0. The summed E-state index contributed by atoms with van der Waals surface area (Å²) in [7, 11) is 0. The van der Waals surface area contributed by atoms with Crippen LogP contribution in [0, 0.1) is 6.92 Å². The zero-order chi connectivity index (χ0) is 15.6. The number of carbonyl (C=O) groups is 2. The highest BCUT2D eigenvalue weighted by Gasteiger charge is 2.30. The van der Waals surface area contributed by atoms with E-state index in [4.69, 9.17) is 0 Å². The van der Waals surface area contributed by atoms with Crippen LogP contribution in [0.2, 0.25) is 0 Å². The summed E-state index contributed by atoms with van der Waals surface area (Å²) in [6.45, 7) is 1.59. The van der Waals surface area contributed by atoms with E-state index in [0.717, 1.165) is 23.8 Å². The van der Waals surface area contributed by atoms with Crippen LogP contribution in [0.1, 0.15) is 23.1 Å². The minimum absolute atomic E-state index is 0.328. The summed E-state index contributed by atoms with van der Waals surface area (Å²) in [6.07, 6.45) is -2.52. The van der Waals surface area contributed by atoms with Crippen LogP contribution in [-0.4, -0.2) is 11.7 Å². The topological polar surface area (TPSA) is 58.9 Å². The average Bonchev–Trinajstić information content (AvgIpc) is 2.40. The number of aryl methyl sites for hydroxylation is 2. The highest BCUT2D eigenvalue weighted by atomic mass is 19.4.